The first kappa shape index (κ1) is 22.9. The number of nitrogens with zero attached hydrogens (tertiary/aromatic N) is 2. The van der Waals surface area contributed by atoms with E-state index in [9.17, 15) is 25.3 Å². The van der Waals surface area contributed by atoms with E-state index in [4.69, 9.17) is 19.1 Å². The molecule has 12 nitrogen and oxygen atoms in total. The van der Waals surface area contributed by atoms with Crippen LogP contribution >= 0.6 is 15.9 Å². The molecule has 1 aromatic rings. The Labute approximate surface area is 150 Å². The van der Waals surface area contributed by atoms with Crippen LogP contribution in [-0.2, 0) is 30.4 Å². The van der Waals surface area contributed by atoms with Crippen LogP contribution in [0.4, 0.5) is 5.69 Å². The van der Waals surface area contributed by atoms with Gasteiger partial charge in [-0.05, 0) is 15.9 Å². The molecule has 0 radical (unpaired) electrons. The molecule has 0 bridgehead atoms. The summed E-state index contributed by atoms with van der Waals surface area (Å²) in [7, 11) is -15.4. The van der Waals surface area contributed by atoms with Gasteiger partial charge in [0, 0.05) is 0 Å². The molecule has 24 heavy (non-hydrogen) atoms. The molecule has 0 fully saturated rings. The van der Waals surface area contributed by atoms with Gasteiger partial charge >= 0.3 is 15.8 Å². The molecule has 0 aliphatic carbocycles. The summed E-state index contributed by atoms with van der Waals surface area (Å²) < 4.78 is 99.0. The molecular formula is C7H6BrClN2O10S3. The van der Waals surface area contributed by atoms with Gasteiger partial charge in [0.15, 0.2) is 9.87 Å². The van der Waals surface area contributed by atoms with Crippen molar-refractivity contribution in [1.29, 1.82) is 5.39 Å². The predicted molar refractivity (Wildman–Crippen MR) is 74.9 cm³/mol. The Bertz CT molecular complexity index is 1040. The van der Waals surface area contributed by atoms with Crippen molar-refractivity contribution in [2.24, 2.45) is 0 Å². The lowest BCUT2D eigenvalue weighted by molar-refractivity contribution is -0.0000175. The Morgan fingerprint density at radius 2 is 1.29 bits per heavy atom. The topological polar surface area (TPSA) is 200 Å². The van der Waals surface area contributed by atoms with E-state index in [0.717, 1.165) is 7.11 Å². The van der Waals surface area contributed by atoms with Gasteiger partial charge in [0.2, 0.25) is 16.0 Å². The highest BCUT2D eigenvalue weighted by atomic mass is 79.9. The monoisotopic (exact) mass is 488 g/mol. The second kappa shape index (κ2) is 7.05. The van der Waals surface area contributed by atoms with Crippen LogP contribution in [0.15, 0.2) is 19.2 Å². The number of hydrogen-bond donors (Lipinski definition) is 3. The van der Waals surface area contributed by atoms with Crippen LogP contribution in [0.2, 0.25) is 0 Å². The van der Waals surface area contributed by atoms with Gasteiger partial charge in [0.1, 0.15) is 4.90 Å². The van der Waals surface area contributed by atoms with Gasteiger partial charge in [0.25, 0.3) is 20.2 Å². The van der Waals surface area contributed by atoms with E-state index in [2.05, 4.69) is 25.6 Å². The molecule has 0 saturated carbocycles. The van der Waals surface area contributed by atoms with E-state index in [1.54, 1.807) is 0 Å². The molecular weight excluding hydrogens is 484 g/mol. The van der Waals surface area contributed by atoms with Crippen molar-refractivity contribution in [1.82, 2.24) is 0 Å². The number of methoxy groups -OCH3 is 1. The van der Waals surface area contributed by atoms with Crippen molar-refractivity contribution in [3.63, 3.8) is 0 Å². The van der Waals surface area contributed by atoms with E-state index in [-0.39, 0.29) is 12.4 Å². The summed E-state index contributed by atoms with van der Waals surface area (Å²) in [5.74, 6) is -1.11. The van der Waals surface area contributed by atoms with Crippen molar-refractivity contribution in [3.8, 4) is 5.75 Å². The van der Waals surface area contributed by atoms with Gasteiger partial charge in [0.05, 0.1) is 11.6 Å². The Balaban J connectivity index is 0.00000529. The van der Waals surface area contributed by atoms with Gasteiger partial charge in [-0.15, -0.1) is 0 Å². The highest BCUT2D eigenvalue weighted by Gasteiger charge is 2.45. The lowest BCUT2D eigenvalue weighted by Gasteiger charge is -2.11. The minimum atomic E-state index is -5.48. The van der Waals surface area contributed by atoms with Crippen LogP contribution in [0.5, 0.6) is 5.75 Å². The van der Waals surface area contributed by atoms with E-state index < -0.39 is 61.0 Å². The molecule has 0 aromatic heterocycles. The summed E-state index contributed by atoms with van der Waals surface area (Å²) in [6.45, 7) is 0. The number of diazo groups is 1. The molecule has 0 atom stereocenters. The number of rotatable bonds is 4. The average molecular weight is 490 g/mol. The van der Waals surface area contributed by atoms with Crippen molar-refractivity contribution < 1.29 is 56.1 Å². The molecule has 0 heterocycles. The highest BCUT2D eigenvalue weighted by Crippen LogP contribution is 2.48. The van der Waals surface area contributed by atoms with Crippen LogP contribution in [0.25, 0.3) is 4.98 Å². The van der Waals surface area contributed by atoms with Gasteiger partial charge in [-0.2, -0.15) is 25.3 Å². The summed E-state index contributed by atoms with van der Waals surface area (Å²) in [5.41, 5.74) is -1.38. The summed E-state index contributed by atoms with van der Waals surface area (Å²) in [5, 5.41) is 8.87. The number of benzene rings is 1. The van der Waals surface area contributed by atoms with Crippen molar-refractivity contribution >= 4 is 52.0 Å². The van der Waals surface area contributed by atoms with E-state index in [1.165, 1.54) is 0 Å². The zero-order chi connectivity index (χ0) is 18.4. The Kier molecular flexibility index (Phi) is 6.74. The molecule has 0 unspecified atom stereocenters. The van der Waals surface area contributed by atoms with Crippen LogP contribution in [0, 0.1) is 5.39 Å². The predicted octanol–water partition coefficient (Wildman–Crippen LogP) is -2.31. The van der Waals surface area contributed by atoms with E-state index >= 15 is 0 Å². The number of hydrogen-bond acceptors (Lipinski definition) is 8. The molecule has 3 N–H and O–H groups in total. The standard InChI is InChI=1S/C7H5BrN2O10S3.ClH/c1-20-4-3(10-9)7(23(17,18)19)6(22(14,15)16)2(8)5(4)21(11,12)13;/h1H3,(H2-,11,12,13,14,15,16,17,18,19);1H. The SMILES string of the molecule is COc1c([N+]#N)c(S(=O)(=O)O)c(S(=O)(=O)O)c(Br)c1S(=O)(=O)O.[Cl-]. The largest absolute Gasteiger partial charge is 1.00 e. The normalized spacial score (nSPS) is 12.2. The number of ether oxygens (including phenoxy) is 1. The Morgan fingerprint density at radius 3 is 1.54 bits per heavy atom. The minimum absolute atomic E-state index is 0. The van der Waals surface area contributed by atoms with Crippen molar-refractivity contribution in [3.05, 3.63) is 9.45 Å². The first-order valence-electron chi connectivity index (χ1n) is 4.89. The highest BCUT2D eigenvalue weighted by molar-refractivity contribution is 9.10. The average Bonchev–Trinajstić information content (AvgIpc) is 2.32. The molecule has 0 amide bonds. The quantitative estimate of drug-likeness (QED) is 0.303. The van der Waals surface area contributed by atoms with E-state index in [1.807, 2.05) is 0 Å². The molecule has 0 saturated heterocycles. The maximum Gasteiger partial charge on any atom is 0.450 e. The summed E-state index contributed by atoms with van der Waals surface area (Å²) in [6.07, 6.45) is 0. The van der Waals surface area contributed by atoms with Crippen molar-refractivity contribution in [2.45, 2.75) is 14.7 Å². The third kappa shape index (κ3) is 4.12. The van der Waals surface area contributed by atoms with Crippen LogP contribution in [0.3, 0.4) is 0 Å². The third-order valence-electron chi connectivity index (χ3n) is 2.32. The van der Waals surface area contributed by atoms with Crippen LogP contribution in [-0.4, -0.2) is 46.0 Å². The summed E-state index contributed by atoms with van der Waals surface area (Å²) in [6, 6.07) is 0. The zero-order valence-corrected chi connectivity index (χ0v) is 15.9. The lowest BCUT2D eigenvalue weighted by Crippen LogP contribution is -3.00. The fraction of sp³-hybridized carbons (Fsp3) is 0.143. The van der Waals surface area contributed by atoms with Crippen LogP contribution in [0.1, 0.15) is 0 Å². The summed E-state index contributed by atoms with van der Waals surface area (Å²) in [4.78, 5) is -2.34. The fourth-order valence-corrected chi connectivity index (χ4v) is 6.15. The zero-order valence-electron chi connectivity index (χ0n) is 11.1. The maximum absolute atomic E-state index is 11.4. The van der Waals surface area contributed by atoms with Crippen LogP contribution < -0.4 is 17.1 Å². The van der Waals surface area contributed by atoms with Gasteiger partial charge in [-0.25, -0.2) is 0 Å². The second-order valence-corrected chi connectivity index (χ2v) is 8.58. The molecule has 0 spiro atoms. The molecule has 136 valence electrons. The van der Waals surface area contributed by atoms with Crippen molar-refractivity contribution in [2.75, 3.05) is 7.11 Å². The van der Waals surface area contributed by atoms with E-state index in [0.29, 0.717) is 0 Å². The molecule has 1 rings (SSSR count). The lowest BCUT2D eigenvalue weighted by atomic mass is 10.3. The Hall–Kier alpha value is -1.06. The minimum Gasteiger partial charge on any atom is -1.00 e. The maximum atomic E-state index is 11.4. The van der Waals surface area contributed by atoms with Gasteiger partial charge < -0.3 is 17.1 Å². The second-order valence-electron chi connectivity index (χ2n) is 3.71. The molecule has 0 aliphatic heterocycles. The third-order valence-corrected chi connectivity index (χ3v) is 6.51. The van der Waals surface area contributed by atoms with Gasteiger partial charge in [-0.1, -0.05) is 0 Å². The number of halogens is 2. The summed E-state index contributed by atoms with van der Waals surface area (Å²) >= 11 is 2.39. The molecule has 1 aromatic carbocycles. The smallest absolute Gasteiger partial charge is 0.450 e. The fourth-order valence-electron chi connectivity index (χ4n) is 1.60. The first-order chi connectivity index (χ1) is 10.2. The first-order valence-corrected chi connectivity index (χ1v) is 10.00. The Morgan fingerprint density at radius 1 is 0.917 bits per heavy atom. The molecule has 17 heteroatoms. The van der Waals surface area contributed by atoms with Gasteiger partial charge in [-0.3, -0.25) is 13.7 Å². The molecule has 0 aliphatic rings.